The average molecular weight is 314 g/mol. The smallest absolute Gasteiger partial charge is 0.153 e. The van der Waals surface area contributed by atoms with Crippen LogP contribution >= 0.6 is 22.9 Å². The van der Waals surface area contributed by atoms with Gasteiger partial charge in [0.2, 0.25) is 0 Å². The van der Waals surface area contributed by atoms with E-state index >= 15 is 0 Å². The molecule has 0 fully saturated rings. The van der Waals surface area contributed by atoms with Crippen LogP contribution in [0.4, 0.5) is 8.78 Å². The van der Waals surface area contributed by atoms with Crippen molar-refractivity contribution in [3.05, 3.63) is 46.2 Å². The van der Waals surface area contributed by atoms with Gasteiger partial charge in [-0.15, -0.1) is 22.9 Å². The minimum Gasteiger partial charge on any atom is -0.321 e. The Balaban J connectivity index is 2.17. The van der Waals surface area contributed by atoms with E-state index in [4.69, 9.17) is 11.6 Å². The zero-order valence-corrected chi connectivity index (χ0v) is 11.9. The van der Waals surface area contributed by atoms with Gasteiger partial charge in [0.15, 0.2) is 5.82 Å². The molecule has 7 heteroatoms. The molecule has 0 bridgehead atoms. The average Bonchev–Trinajstić information content (AvgIpc) is 3.01. The molecule has 2 heterocycles. The molecule has 0 aliphatic heterocycles. The summed E-state index contributed by atoms with van der Waals surface area (Å²) >= 11 is 7.24. The summed E-state index contributed by atoms with van der Waals surface area (Å²) in [5.41, 5.74) is 0.598. The van der Waals surface area contributed by atoms with Crippen LogP contribution in [0.5, 0.6) is 0 Å². The fourth-order valence-corrected chi connectivity index (χ4v) is 2.89. The number of rotatable bonds is 4. The molecule has 0 aliphatic rings. The maximum atomic E-state index is 13.8. The molecule has 1 aromatic carbocycles. The van der Waals surface area contributed by atoms with Crippen LogP contribution in [0.25, 0.3) is 11.0 Å². The fourth-order valence-electron chi connectivity index (χ4n) is 2.12. The summed E-state index contributed by atoms with van der Waals surface area (Å²) < 4.78 is 29.0. The highest BCUT2D eigenvalue weighted by atomic mass is 35.5. The molecule has 0 spiro atoms. The summed E-state index contributed by atoms with van der Waals surface area (Å²) in [6.07, 6.45) is 2.18. The zero-order valence-electron chi connectivity index (χ0n) is 10.3. The topological polar surface area (TPSA) is 30.7 Å². The SMILES string of the molecule is Fc1cc(F)c2nc(CCCl)n(Cc3nccs3)c2c1. The van der Waals surface area contributed by atoms with E-state index in [0.717, 1.165) is 11.1 Å². The van der Waals surface area contributed by atoms with Crippen LogP contribution in [0.15, 0.2) is 23.7 Å². The summed E-state index contributed by atoms with van der Waals surface area (Å²) in [4.78, 5) is 8.43. The highest BCUT2D eigenvalue weighted by Crippen LogP contribution is 2.23. The maximum absolute atomic E-state index is 13.8. The molecule has 3 rings (SSSR count). The van der Waals surface area contributed by atoms with Crippen LogP contribution in [0, 0.1) is 11.6 Å². The van der Waals surface area contributed by atoms with Crippen LogP contribution in [0.1, 0.15) is 10.8 Å². The second-order valence-corrected chi connectivity index (χ2v) is 5.59. The number of hydrogen-bond donors (Lipinski definition) is 0. The van der Waals surface area contributed by atoms with Crippen molar-refractivity contribution in [3.8, 4) is 0 Å². The number of halogens is 3. The van der Waals surface area contributed by atoms with Gasteiger partial charge in [0.25, 0.3) is 0 Å². The van der Waals surface area contributed by atoms with Gasteiger partial charge in [-0.25, -0.2) is 18.7 Å². The third-order valence-electron chi connectivity index (χ3n) is 2.95. The molecule has 0 saturated heterocycles. The van der Waals surface area contributed by atoms with E-state index in [1.54, 1.807) is 10.8 Å². The second-order valence-electron chi connectivity index (χ2n) is 4.23. The third kappa shape index (κ3) is 2.41. The third-order valence-corrected chi connectivity index (χ3v) is 3.90. The summed E-state index contributed by atoms with van der Waals surface area (Å²) in [7, 11) is 0. The van der Waals surface area contributed by atoms with Crippen LogP contribution < -0.4 is 0 Å². The standard InChI is InChI=1S/C13H10ClF2N3S/c14-2-1-11-18-13-9(16)5-8(15)6-10(13)19(11)7-12-17-3-4-20-12/h3-6H,1-2,7H2. The van der Waals surface area contributed by atoms with Gasteiger partial charge in [0, 0.05) is 29.9 Å². The molecule has 2 aromatic heterocycles. The maximum Gasteiger partial charge on any atom is 0.153 e. The van der Waals surface area contributed by atoms with E-state index in [2.05, 4.69) is 9.97 Å². The molecule has 3 aromatic rings. The number of aryl methyl sites for hydroxylation is 1. The highest BCUT2D eigenvalue weighted by Gasteiger charge is 2.16. The first-order valence-corrected chi connectivity index (χ1v) is 7.39. The lowest BCUT2D eigenvalue weighted by molar-refractivity contribution is 0.590. The van der Waals surface area contributed by atoms with Gasteiger partial charge in [-0.2, -0.15) is 0 Å². The summed E-state index contributed by atoms with van der Waals surface area (Å²) in [6, 6.07) is 2.13. The second kappa shape index (κ2) is 5.46. The van der Waals surface area contributed by atoms with Crippen molar-refractivity contribution in [1.29, 1.82) is 0 Å². The van der Waals surface area contributed by atoms with E-state index in [-0.39, 0.29) is 5.52 Å². The molecule has 20 heavy (non-hydrogen) atoms. The van der Waals surface area contributed by atoms with E-state index in [1.165, 1.54) is 17.4 Å². The van der Waals surface area contributed by atoms with Crippen LogP contribution in [0.3, 0.4) is 0 Å². The van der Waals surface area contributed by atoms with Gasteiger partial charge in [-0.3, -0.25) is 0 Å². The molecule has 0 aliphatic carbocycles. The molecular weight excluding hydrogens is 304 g/mol. The number of thiazole rings is 1. The number of imidazole rings is 1. The molecule has 0 amide bonds. The van der Waals surface area contributed by atoms with Crippen LogP contribution in [0.2, 0.25) is 0 Å². The fraction of sp³-hybridized carbons (Fsp3) is 0.231. The predicted molar refractivity (Wildman–Crippen MR) is 75.3 cm³/mol. The van der Waals surface area contributed by atoms with Crippen molar-refractivity contribution in [2.24, 2.45) is 0 Å². The molecule has 0 unspecified atom stereocenters. The first-order valence-electron chi connectivity index (χ1n) is 5.97. The number of fused-ring (bicyclic) bond motifs is 1. The van der Waals surface area contributed by atoms with Crippen molar-refractivity contribution >= 4 is 34.0 Å². The lowest BCUT2D eigenvalue weighted by Crippen LogP contribution is -2.05. The highest BCUT2D eigenvalue weighted by molar-refractivity contribution is 7.09. The van der Waals surface area contributed by atoms with E-state index in [0.29, 0.717) is 30.2 Å². The molecule has 0 saturated carbocycles. The van der Waals surface area contributed by atoms with Gasteiger partial charge in [0.05, 0.1) is 12.1 Å². The Bertz CT molecular complexity index is 740. The normalized spacial score (nSPS) is 11.3. The number of hydrogen-bond acceptors (Lipinski definition) is 3. The van der Waals surface area contributed by atoms with Gasteiger partial charge in [-0.1, -0.05) is 0 Å². The molecular formula is C13H10ClF2N3S. The lowest BCUT2D eigenvalue weighted by Gasteiger charge is -2.06. The largest absolute Gasteiger partial charge is 0.321 e. The first-order chi connectivity index (χ1) is 9.69. The van der Waals surface area contributed by atoms with Gasteiger partial charge in [-0.05, 0) is 6.07 Å². The van der Waals surface area contributed by atoms with Gasteiger partial charge < -0.3 is 4.57 Å². The number of alkyl halides is 1. The molecule has 0 atom stereocenters. The van der Waals surface area contributed by atoms with Crippen LogP contribution in [-0.2, 0) is 13.0 Å². The van der Waals surface area contributed by atoms with Crippen LogP contribution in [-0.4, -0.2) is 20.4 Å². The molecule has 0 radical (unpaired) electrons. The Labute approximate surface area is 122 Å². The number of aromatic nitrogens is 3. The van der Waals surface area contributed by atoms with Gasteiger partial charge in [0.1, 0.15) is 22.2 Å². The van der Waals surface area contributed by atoms with E-state index < -0.39 is 11.6 Å². The van der Waals surface area contributed by atoms with Crippen molar-refractivity contribution < 1.29 is 8.78 Å². The summed E-state index contributed by atoms with van der Waals surface area (Å²) in [5, 5.41) is 2.71. The monoisotopic (exact) mass is 313 g/mol. The Hall–Kier alpha value is -1.53. The quantitative estimate of drug-likeness (QED) is 0.689. The Morgan fingerprint density at radius 2 is 2.15 bits per heavy atom. The zero-order chi connectivity index (χ0) is 14.1. The Morgan fingerprint density at radius 1 is 1.30 bits per heavy atom. The van der Waals surface area contributed by atoms with E-state index in [9.17, 15) is 8.78 Å². The molecule has 0 N–H and O–H groups in total. The van der Waals surface area contributed by atoms with Gasteiger partial charge >= 0.3 is 0 Å². The number of nitrogens with zero attached hydrogens (tertiary/aromatic N) is 3. The Morgan fingerprint density at radius 3 is 2.85 bits per heavy atom. The van der Waals surface area contributed by atoms with Crippen molar-refractivity contribution in [1.82, 2.24) is 14.5 Å². The molecule has 104 valence electrons. The Kier molecular flexibility index (Phi) is 3.67. The van der Waals surface area contributed by atoms with Crippen molar-refractivity contribution in [3.63, 3.8) is 0 Å². The van der Waals surface area contributed by atoms with E-state index in [1.807, 2.05) is 5.38 Å². The first kappa shape index (κ1) is 13.5. The van der Waals surface area contributed by atoms with Crippen molar-refractivity contribution in [2.45, 2.75) is 13.0 Å². The minimum atomic E-state index is -0.659. The lowest BCUT2D eigenvalue weighted by atomic mass is 10.3. The van der Waals surface area contributed by atoms with Crippen molar-refractivity contribution in [2.75, 3.05) is 5.88 Å². The summed E-state index contributed by atoms with van der Waals surface area (Å²) in [6.45, 7) is 0.434. The molecule has 3 nitrogen and oxygen atoms in total. The number of benzene rings is 1. The summed E-state index contributed by atoms with van der Waals surface area (Å²) in [5.74, 6) is -0.276. The predicted octanol–water partition coefficient (Wildman–Crippen LogP) is 3.60. The minimum absolute atomic E-state index is 0.170.